The maximum absolute atomic E-state index is 12.2. The Labute approximate surface area is 154 Å². The largest absolute Gasteiger partial charge is 0.336 e. The topological polar surface area (TPSA) is 73.2 Å². The van der Waals surface area contributed by atoms with Crippen molar-refractivity contribution in [1.29, 1.82) is 5.26 Å². The predicted octanol–water partition coefficient (Wildman–Crippen LogP) is 3.20. The van der Waals surface area contributed by atoms with E-state index in [4.69, 9.17) is 5.26 Å². The van der Waals surface area contributed by atoms with Crippen molar-refractivity contribution in [3.63, 3.8) is 0 Å². The summed E-state index contributed by atoms with van der Waals surface area (Å²) in [6, 6.07) is 15.0. The predicted molar refractivity (Wildman–Crippen MR) is 102 cm³/mol. The van der Waals surface area contributed by atoms with Gasteiger partial charge in [-0.25, -0.2) is 0 Å². The summed E-state index contributed by atoms with van der Waals surface area (Å²) in [5.41, 5.74) is 4.49. The Morgan fingerprint density at radius 2 is 1.81 bits per heavy atom. The van der Waals surface area contributed by atoms with Gasteiger partial charge in [-0.3, -0.25) is 9.59 Å². The summed E-state index contributed by atoms with van der Waals surface area (Å²) in [5.74, 6) is -0.307. The molecule has 0 aliphatic heterocycles. The Balaban J connectivity index is 1.84. The van der Waals surface area contributed by atoms with Gasteiger partial charge in [0.05, 0.1) is 18.2 Å². The van der Waals surface area contributed by atoms with Crippen LogP contribution in [0.25, 0.3) is 0 Å². The number of carbonyl (C=O) groups is 2. The average molecular weight is 349 g/mol. The van der Waals surface area contributed by atoms with Crippen LogP contribution in [0.1, 0.15) is 28.7 Å². The molecule has 0 aliphatic carbocycles. The highest BCUT2D eigenvalue weighted by Crippen LogP contribution is 2.17. The first-order valence-electron chi connectivity index (χ1n) is 8.49. The van der Waals surface area contributed by atoms with Crippen LogP contribution in [0.3, 0.4) is 0 Å². The maximum atomic E-state index is 12.2. The van der Waals surface area contributed by atoms with Crippen LogP contribution in [0.5, 0.6) is 0 Å². The van der Waals surface area contributed by atoms with Crippen molar-refractivity contribution in [3.8, 4) is 6.07 Å². The lowest BCUT2D eigenvalue weighted by atomic mass is 10.1. The Kier molecular flexibility index (Phi) is 6.51. The minimum Gasteiger partial charge on any atom is -0.336 e. The van der Waals surface area contributed by atoms with Gasteiger partial charge in [-0.15, -0.1) is 0 Å². The van der Waals surface area contributed by atoms with E-state index in [2.05, 4.69) is 11.4 Å². The zero-order valence-corrected chi connectivity index (χ0v) is 15.4. The third-order valence-corrected chi connectivity index (χ3v) is 4.40. The van der Waals surface area contributed by atoms with E-state index in [9.17, 15) is 9.59 Å². The molecule has 0 radical (unpaired) electrons. The average Bonchev–Trinajstić information content (AvgIpc) is 2.63. The maximum Gasteiger partial charge on any atom is 0.243 e. The zero-order chi connectivity index (χ0) is 19.1. The summed E-state index contributed by atoms with van der Waals surface area (Å²) in [7, 11) is 1.63. The van der Waals surface area contributed by atoms with Crippen LogP contribution in [0.2, 0.25) is 0 Å². The molecular formula is C21H23N3O2. The van der Waals surface area contributed by atoms with E-state index in [-0.39, 0.29) is 18.4 Å². The second-order valence-corrected chi connectivity index (χ2v) is 6.35. The van der Waals surface area contributed by atoms with Crippen LogP contribution >= 0.6 is 0 Å². The molecule has 0 unspecified atom stereocenters. The van der Waals surface area contributed by atoms with Gasteiger partial charge >= 0.3 is 0 Å². The summed E-state index contributed by atoms with van der Waals surface area (Å²) < 4.78 is 0. The van der Waals surface area contributed by atoms with E-state index in [1.54, 1.807) is 19.2 Å². The van der Waals surface area contributed by atoms with Crippen molar-refractivity contribution < 1.29 is 9.59 Å². The molecule has 5 nitrogen and oxygen atoms in total. The van der Waals surface area contributed by atoms with Crippen LogP contribution in [-0.2, 0) is 16.0 Å². The molecule has 2 aromatic carbocycles. The fraction of sp³-hybridized carbons (Fsp3) is 0.286. The van der Waals surface area contributed by atoms with Gasteiger partial charge in [-0.1, -0.05) is 24.3 Å². The van der Waals surface area contributed by atoms with E-state index in [0.29, 0.717) is 18.4 Å². The van der Waals surface area contributed by atoms with Gasteiger partial charge in [-0.05, 0) is 55.2 Å². The molecule has 0 bridgehead atoms. The number of benzene rings is 2. The van der Waals surface area contributed by atoms with Crippen molar-refractivity contribution in [2.24, 2.45) is 0 Å². The second kappa shape index (κ2) is 8.82. The minimum atomic E-state index is -0.215. The monoisotopic (exact) mass is 349 g/mol. The third kappa shape index (κ3) is 5.18. The van der Waals surface area contributed by atoms with Crippen LogP contribution in [0.4, 0.5) is 5.69 Å². The third-order valence-electron chi connectivity index (χ3n) is 4.40. The number of likely N-dealkylation sites (N-methyl/N-ethyl adjacent to an activating group) is 1. The molecule has 134 valence electrons. The van der Waals surface area contributed by atoms with Crippen LogP contribution in [-0.4, -0.2) is 30.3 Å². The second-order valence-electron chi connectivity index (χ2n) is 6.35. The van der Waals surface area contributed by atoms with E-state index in [1.165, 1.54) is 4.90 Å². The lowest BCUT2D eigenvalue weighted by Crippen LogP contribution is -2.35. The van der Waals surface area contributed by atoms with Gasteiger partial charge in [0.2, 0.25) is 11.8 Å². The van der Waals surface area contributed by atoms with Crippen molar-refractivity contribution in [2.45, 2.75) is 26.7 Å². The smallest absolute Gasteiger partial charge is 0.243 e. The van der Waals surface area contributed by atoms with E-state index in [1.807, 2.05) is 44.2 Å². The number of aryl methyl sites for hydroxylation is 2. The summed E-state index contributed by atoms with van der Waals surface area (Å²) in [4.78, 5) is 25.9. The number of hydrogen-bond acceptors (Lipinski definition) is 3. The molecule has 2 aromatic rings. The fourth-order valence-corrected chi connectivity index (χ4v) is 2.57. The lowest BCUT2D eigenvalue weighted by Gasteiger charge is -2.18. The first-order chi connectivity index (χ1) is 12.4. The molecule has 2 amide bonds. The molecule has 0 spiro atoms. The molecule has 0 aliphatic rings. The number of hydrogen-bond donors (Lipinski definition) is 1. The van der Waals surface area contributed by atoms with Crippen molar-refractivity contribution in [3.05, 3.63) is 64.7 Å². The molecule has 26 heavy (non-hydrogen) atoms. The standard InChI is InChI=1S/C21H23N3O2/c1-15-5-4-6-19(16(15)2)23-20(25)14-24(3)21(26)12-11-17-7-9-18(13-22)10-8-17/h4-10H,11-12,14H2,1-3H3,(H,23,25). The van der Waals surface area contributed by atoms with Crippen LogP contribution in [0.15, 0.2) is 42.5 Å². The van der Waals surface area contributed by atoms with Gasteiger partial charge in [0.15, 0.2) is 0 Å². The molecule has 5 heteroatoms. The van der Waals surface area contributed by atoms with Gasteiger partial charge in [0.25, 0.3) is 0 Å². The molecule has 0 fully saturated rings. The van der Waals surface area contributed by atoms with Crippen molar-refractivity contribution >= 4 is 17.5 Å². The summed E-state index contributed by atoms with van der Waals surface area (Å²) >= 11 is 0. The number of carbonyl (C=O) groups excluding carboxylic acids is 2. The van der Waals surface area contributed by atoms with Crippen molar-refractivity contribution in [1.82, 2.24) is 4.90 Å². The molecule has 2 rings (SSSR count). The Morgan fingerprint density at radius 1 is 1.12 bits per heavy atom. The quantitative estimate of drug-likeness (QED) is 0.870. The molecule has 0 saturated heterocycles. The first kappa shape index (κ1) is 19.2. The molecule has 1 N–H and O–H groups in total. The first-order valence-corrected chi connectivity index (χ1v) is 8.49. The van der Waals surface area contributed by atoms with E-state index < -0.39 is 0 Å². The Bertz CT molecular complexity index is 835. The van der Waals surface area contributed by atoms with E-state index >= 15 is 0 Å². The highest BCUT2D eigenvalue weighted by molar-refractivity contribution is 5.95. The fourth-order valence-electron chi connectivity index (χ4n) is 2.57. The van der Waals surface area contributed by atoms with Gasteiger partial charge in [-0.2, -0.15) is 5.26 Å². The molecule has 0 heterocycles. The normalized spacial score (nSPS) is 10.1. The lowest BCUT2D eigenvalue weighted by molar-refractivity contribution is -0.133. The number of rotatable bonds is 6. The number of nitriles is 1. The van der Waals surface area contributed by atoms with E-state index in [0.717, 1.165) is 22.4 Å². The minimum absolute atomic E-state index is 0.0135. The number of nitrogens with zero attached hydrogens (tertiary/aromatic N) is 2. The molecule has 0 saturated carbocycles. The SMILES string of the molecule is Cc1cccc(NC(=O)CN(C)C(=O)CCc2ccc(C#N)cc2)c1C. The number of anilines is 1. The van der Waals surface area contributed by atoms with Gasteiger partial charge in [0, 0.05) is 19.2 Å². The van der Waals surface area contributed by atoms with Gasteiger partial charge < -0.3 is 10.2 Å². The van der Waals surface area contributed by atoms with Crippen LogP contribution < -0.4 is 5.32 Å². The molecule has 0 aromatic heterocycles. The molecular weight excluding hydrogens is 326 g/mol. The Morgan fingerprint density at radius 3 is 2.46 bits per heavy atom. The Hall–Kier alpha value is -3.13. The molecule has 0 atom stereocenters. The number of nitrogens with one attached hydrogen (secondary N) is 1. The van der Waals surface area contributed by atoms with Crippen molar-refractivity contribution in [2.75, 3.05) is 18.9 Å². The van der Waals surface area contributed by atoms with Crippen LogP contribution in [0, 0.1) is 25.2 Å². The zero-order valence-electron chi connectivity index (χ0n) is 15.4. The highest BCUT2D eigenvalue weighted by atomic mass is 16.2. The van der Waals surface area contributed by atoms with Gasteiger partial charge in [0.1, 0.15) is 0 Å². The number of amides is 2. The highest BCUT2D eigenvalue weighted by Gasteiger charge is 2.14. The summed E-state index contributed by atoms with van der Waals surface area (Å²) in [6.45, 7) is 3.96. The summed E-state index contributed by atoms with van der Waals surface area (Å²) in [6.07, 6.45) is 0.895. The summed E-state index contributed by atoms with van der Waals surface area (Å²) in [5, 5.41) is 11.7.